The van der Waals surface area contributed by atoms with E-state index in [0.29, 0.717) is 114 Å². The summed E-state index contributed by atoms with van der Waals surface area (Å²) in [5, 5.41) is 54.5. The van der Waals surface area contributed by atoms with Crippen LogP contribution in [0.4, 0.5) is 0 Å². The van der Waals surface area contributed by atoms with E-state index >= 15 is 0 Å². The molecule has 0 amide bonds. The second-order valence-electron chi connectivity index (χ2n) is 31.1. The first kappa shape index (κ1) is 50.7. The normalized spacial score (nSPS) is 40.3. The van der Waals surface area contributed by atoms with Gasteiger partial charge in [0, 0.05) is 134 Å². The maximum atomic E-state index is 11.0. The van der Waals surface area contributed by atoms with E-state index < -0.39 is 201 Å². The van der Waals surface area contributed by atoms with Crippen molar-refractivity contribution < 1.29 is 126 Å². The molecule has 0 spiro atoms. The third-order valence-corrected chi connectivity index (χ3v) is 22.2. The van der Waals surface area contributed by atoms with Gasteiger partial charge in [-0.05, 0) is 272 Å². The van der Waals surface area contributed by atoms with E-state index in [0.717, 1.165) is 47.9 Å². The number of hydrogen-bond acceptors (Lipinski definition) is 20. The Morgan fingerprint density at radius 2 is 0.522 bits per heavy atom. The smallest absolute Gasteiger partial charge is 0.161 e. The van der Waals surface area contributed by atoms with E-state index in [4.69, 9.17) is 99.5 Å². The topological polar surface area (TPSA) is 210 Å². The number of aliphatic hydroxyl groups is 5. The predicted octanol–water partition coefficient (Wildman–Crippen LogP) is 15.1. The standard InChI is InChI=1S/5C19H29NO3/c5*1-12(2)7-14-11-20-6-5-13-8-18(22-3)19(23-4)9-15(13)16(20)10-17(14)21/h5*8-9,12,14,16-17,21H,5-7,10-11H2,1-4H3/i1D3,4D3,7D2,11D2,12D,16D;2*1D3,7D2,11D2,12D,16D;4D3,11D2,16D;11D2,16D. The average molecular weight is 1640 g/mol. The first-order valence-corrected chi connectivity index (χ1v) is 39.3. The molecule has 0 radical (unpaired) electrons. The van der Waals surface area contributed by atoms with Crippen molar-refractivity contribution in [3.8, 4) is 57.5 Å². The van der Waals surface area contributed by atoms with Crippen LogP contribution in [0, 0.1) is 59.1 Å². The molecule has 5 aromatic rings. The number of hydrogen-bond donors (Lipinski definition) is 5. The Balaban J connectivity index is 0.000000182. The summed E-state index contributed by atoms with van der Waals surface area (Å²) in [6.45, 7) is -9.32. The van der Waals surface area contributed by atoms with Crippen molar-refractivity contribution in [1.82, 2.24) is 24.5 Å². The van der Waals surface area contributed by atoms with Gasteiger partial charge in [0.15, 0.2) is 57.5 Å². The lowest BCUT2D eigenvalue weighted by molar-refractivity contribution is -0.0192. The largest absolute Gasteiger partial charge is 0.493 e. The fourth-order valence-corrected chi connectivity index (χ4v) is 16.7. The molecule has 0 aromatic heterocycles. The molecular formula is C95H145N5O15. The third kappa shape index (κ3) is 21.1. The molecule has 18 atom stereocenters. The maximum Gasteiger partial charge on any atom is 0.161 e. The summed E-state index contributed by atoms with van der Waals surface area (Å²) in [7, 11) is 6.18. The van der Waals surface area contributed by atoms with Crippen molar-refractivity contribution in [2.45, 2.75) is 226 Å². The quantitative estimate of drug-likeness (QED) is 0.0491. The van der Waals surface area contributed by atoms with Crippen LogP contribution in [0.25, 0.3) is 0 Å². The van der Waals surface area contributed by atoms with Crippen molar-refractivity contribution in [2.75, 3.05) is 136 Å². The Kier molecular flexibility index (Phi) is 17.9. The summed E-state index contributed by atoms with van der Waals surface area (Å²) in [5.41, 5.74) is 5.87. The summed E-state index contributed by atoms with van der Waals surface area (Å²) >= 11 is 0. The monoisotopic (exact) mass is 1640 g/mol. The van der Waals surface area contributed by atoms with Gasteiger partial charge >= 0.3 is 0 Å². The number of rotatable bonds is 20. The Morgan fingerprint density at radius 1 is 0.330 bits per heavy atom. The molecule has 5 fully saturated rings. The Morgan fingerprint density at radius 3 is 0.713 bits per heavy atom. The lowest BCUT2D eigenvalue weighted by atomic mass is 9.79. The van der Waals surface area contributed by atoms with E-state index in [-0.39, 0.29) is 92.1 Å². The SMILES string of the molecule is [2H]C([2H])([2H])Oc1cc2c(cc1OC)CCN1C2([2H])CC(O)C(C([2H])([2H])C([2H])(C)C([2H])([2H])[2H])C1([2H])[2H].[2H]C([2H])([2H])Oc1cc2c(cc1OC)CCN1C2([2H])CC(O)C(CC(C)C)C1([2H])[2H].[2H]C12CC(O)C(C([2H])([2H])C([2H])(C)C([2H])([2H])[2H])C([2H])([2H])N1CCc1cc(OC)c(OC)cc12.[2H]C12CC(O)C(C([2H])([2H])C([2H])(C)C([2H])([2H])[2H])C([2H])([2H])N1CCc1cc(OC)c(OC)cc12.[2H]C12CC(O)C(CC(C)C)C([2H])([2H])N1CCc1cc(OC)c(OC)cc12. The average Bonchev–Trinajstić information content (AvgIpc) is 0.699. The van der Waals surface area contributed by atoms with Crippen LogP contribution in [-0.4, -0.2) is 217 Å². The summed E-state index contributed by atoms with van der Waals surface area (Å²) in [5.74, 6) is -11.5. The molecule has 15 rings (SSSR count). The van der Waals surface area contributed by atoms with Gasteiger partial charge in [-0.1, -0.05) is 69.0 Å². The van der Waals surface area contributed by atoms with Gasteiger partial charge in [0.05, 0.1) is 117 Å². The van der Waals surface area contributed by atoms with Gasteiger partial charge in [-0.25, -0.2) is 0 Å². The van der Waals surface area contributed by atoms with Crippen LogP contribution >= 0.6 is 0 Å². The molecule has 10 aliphatic heterocycles. The molecule has 5 aromatic carbocycles. The summed E-state index contributed by atoms with van der Waals surface area (Å²) in [4.78, 5) is 6.51. The number of aliphatic hydroxyl groups excluding tert-OH is 5. The minimum Gasteiger partial charge on any atom is -0.493 e. The number of methoxy groups -OCH3 is 10. The van der Waals surface area contributed by atoms with Crippen molar-refractivity contribution >= 4 is 0 Å². The minimum atomic E-state index is -3.12. The third-order valence-electron chi connectivity index (χ3n) is 22.2. The highest BCUT2D eigenvalue weighted by atomic mass is 16.5. The van der Waals surface area contributed by atoms with Crippen LogP contribution in [-0.2, 0) is 32.1 Å². The molecule has 10 aliphatic rings. The van der Waals surface area contributed by atoms with Crippen LogP contribution in [0.1, 0.15) is 272 Å². The minimum absolute atomic E-state index is 0.0147. The zero-order chi connectivity index (χ0) is 117. The molecule has 20 heteroatoms. The van der Waals surface area contributed by atoms with E-state index in [1.165, 1.54) is 75.6 Å². The first-order valence-electron chi connectivity index (χ1n) is 58.8. The zero-order valence-electron chi connectivity index (χ0n) is 108. The molecule has 5 saturated heterocycles. The van der Waals surface area contributed by atoms with Crippen molar-refractivity contribution in [2.24, 2.45) is 59.1 Å². The highest BCUT2D eigenvalue weighted by Gasteiger charge is 2.45. The number of piperidine rings is 5. The fraction of sp³-hybridized carbons (Fsp3) is 0.684. The van der Waals surface area contributed by atoms with Gasteiger partial charge in [-0.2, -0.15) is 0 Å². The Bertz CT molecular complexity index is 5650. The molecule has 18 unspecified atom stereocenters. The van der Waals surface area contributed by atoms with E-state index in [1.807, 2.05) is 33.8 Å². The van der Waals surface area contributed by atoms with Crippen LogP contribution in [0.15, 0.2) is 60.7 Å². The molecule has 20 nitrogen and oxygen atoms in total. The fourth-order valence-electron chi connectivity index (χ4n) is 16.7. The molecular weight excluding hydrogens is 1450 g/mol. The van der Waals surface area contributed by atoms with Crippen molar-refractivity contribution in [3.63, 3.8) is 0 Å². The van der Waals surface area contributed by atoms with Crippen LogP contribution in [0.3, 0.4) is 0 Å². The lowest BCUT2D eigenvalue weighted by Crippen LogP contribution is -2.48. The van der Waals surface area contributed by atoms with E-state index in [9.17, 15) is 26.9 Å². The van der Waals surface area contributed by atoms with E-state index in [1.54, 1.807) is 55.5 Å². The number of ether oxygens (including phenoxy) is 10. The molecule has 0 saturated carbocycles. The molecule has 0 aliphatic carbocycles. The summed E-state index contributed by atoms with van der Waals surface area (Å²) in [6.07, 6.45) is -13.9. The number of fused-ring (bicyclic) bond motifs is 15. The second-order valence-corrected chi connectivity index (χ2v) is 31.1. The van der Waals surface area contributed by atoms with Gasteiger partial charge in [0.25, 0.3) is 0 Å². The van der Waals surface area contributed by atoms with Crippen LogP contribution in [0.5, 0.6) is 57.5 Å². The van der Waals surface area contributed by atoms with Gasteiger partial charge in [-0.3, -0.25) is 24.5 Å². The molecule has 10 heterocycles. The van der Waals surface area contributed by atoms with Gasteiger partial charge in [-0.15, -0.1) is 0 Å². The van der Waals surface area contributed by atoms with Gasteiger partial charge < -0.3 is 72.9 Å². The van der Waals surface area contributed by atoms with Gasteiger partial charge in [0.1, 0.15) is 0 Å². The zero-order valence-corrected chi connectivity index (χ0v) is 68.8. The van der Waals surface area contributed by atoms with E-state index in [2.05, 4.69) is 0 Å². The highest BCUT2D eigenvalue weighted by Crippen LogP contribution is 2.50. The number of nitrogens with zero attached hydrogens (tertiary/aromatic N) is 5. The highest BCUT2D eigenvalue weighted by molar-refractivity contribution is 5.54. The lowest BCUT2D eigenvalue weighted by Gasteiger charge is -2.46. The molecule has 115 heavy (non-hydrogen) atoms. The molecule has 0 bridgehead atoms. The molecule has 5 N–H and O–H groups in total. The summed E-state index contributed by atoms with van der Waals surface area (Å²) < 4.78 is 375. The van der Waals surface area contributed by atoms with Gasteiger partial charge in [0.2, 0.25) is 0 Å². The number of benzene rings is 5. The Labute approximate surface area is 744 Å². The first-order chi connectivity index (χ1) is 70.0. The van der Waals surface area contributed by atoms with Crippen molar-refractivity contribution in [1.29, 1.82) is 0 Å². The van der Waals surface area contributed by atoms with Crippen LogP contribution in [0.2, 0.25) is 0 Å². The van der Waals surface area contributed by atoms with Crippen molar-refractivity contribution in [3.05, 3.63) is 116 Å². The Hall–Kier alpha value is -6.30. The second kappa shape index (κ2) is 40.6. The predicted molar refractivity (Wildman–Crippen MR) is 456 cm³/mol. The summed E-state index contributed by atoms with van der Waals surface area (Å²) in [6, 6.07) is 7.80. The maximum absolute atomic E-state index is 11.0. The van der Waals surface area contributed by atoms with Crippen LogP contribution < -0.4 is 47.4 Å². The molecule has 640 valence electrons.